The minimum Gasteiger partial charge on any atom is -0.365 e. The van der Waals surface area contributed by atoms with Gasteiger partial charge in [-0.3, -0.25) is 4.79 Å². The van der Waals surface area contributed by atoms with Crippen LogP contribution in [0, 0.1) is 0 Å². The number of amides is 1. The maximum Gasteiger partial charge on any atom is 0.453 e. The fourth-order valence-electron chi connectivity index (χ4n) is 2.32. The molecule has 1 unspecified atom stereocenters. The molecule has 1 aliphatic heterocycles. The molecule has 1 fully saturated rings. The van der Waals surface area contributed by atoms with Crippen molar-refractivity contribution < 1.29 is 18.0 Å². The molecule has 0 aliphatic carbocycles. The number of carbonyl (C=O) groups is 1. The molecule has 1 amide bonds. The van der Waals surface area contributed by atoms with Crippen molar-refractivity contribution >= 4 is 17.4 Å². The zero-order chi connectivity index (χ0) is 15.9. The Bertz CT molecular complexity index is 712. The average molecular weight is 314 g/mol. The van der Waals surface area contributed by atoms with Crippen LogP contribution in [0.1, 0.15) is 18.7 Å². The first-order chi connectivity index (χ1) is 10.3. The Labute approximate surface area is 123 Å². The van der Waals surface area contributed by atoms with Crippen LogP contribution in [0.15, 0.2) is 12.1 Å². The van der Waals surface area contributed by atoms with Crippen molar-refractivity contribution in [2.45, 2.75) is 25.1 Å². The largest absolute Gasteiger partial charge is 0.453 e. The number of rotatable bonds is 2. The predicted molar refractivity (Wildman–Crippen MR) is 70.1 cm³/mol. The van der Waals surface area contributed by atoms with E-state index in [2.05, 4.69) is 20.6 Å². The van der Waals surface area contributed by atoms with Gasteiger partial charge in [0.1, 0.15) is 5.82 Å². The maximum absolute atomic E-state index is 12.8. The van der Waals surface area contributed by atoms with E-state index < -0.39 is 12.0 Å². The van der Waals surface area contributed by atoms with Gasteiger partial charge in [-0.05, 0) is 18.6 Å². The van der Waals surface area contributed by atoms with Crippen LogP contribution in [0.2, 0.25) is 0 Å². The van der Waals surface area contributed by atoms with Gasteiger partial charge in [0.2, 0.25) is 5.91 Å². The van der Waals surface area contributed by atoms with Gasteiger partial charge >= 0.3 is 6.18 Å². The first kappa shape index (κ1) is 14.5. The number of piperidine rings is 1. The summed E-state index contributed by atoms with van der Waals surface area (Å²) in [4.78, 5) is 13.3. The lowest BCUT2D eigenvalue weighted by molar-refractivity contribution is -0.146. The van der Waals surface area contributed by atoms with Gasteiger partial charge in [0.25, 0.3) is 5.82 Å². The highest BCUT2D eigenvalue weighted by Crippen LogP contribution is 2.27. The van der Waals surface area contributed by atoms with Crippen molar-refractivity contribution in [3.05, 3.63) is 18.0 Å². The third-order valence-corrected chi connectivity index (χ3v) is 3.53. The Morgan fingerprint density at radius 2 is 2.09 bits per heavy atom. The molecule has 0 bridgehead atoms. The summed E-state index contributed by atoms with van der Waals surface area (Å²) in [5.74, 6) is -0.934. The van der Waals surface area contributed by atoms with Crippen molar-refractivity contribution in [3.8, 4) is 0 Å². The van der Waals surface area contributed by atoms with Gasteiger partial charge < -0.3 is 10.2 Å². The topological polar surface area (TPSA) is 75.4 Å². The zero-order valence-electron chi connectivity index (χ0n) is 11.6. The van der Waals surface area contributed by atoms with Crippen molar-refractivity contribution in [2.24, 2.45) is 0 Å². The molecule has 1 aliphatic rings. The molecular formula is C12H13F3N6O. The number of hydrogen-bond donors (Lipinski definition) is 1. The first-order valence-electron chi connectivity index (χ1n) is 6.65. The van der Waals surface area contributed by atoms with E-state index in [1.165, 1.54) is 12.1 Å². The molecule has 1 atom stereocenters. The Morgan fingerprint density at radius 3 is 2.77 bits per heavy atom. The molecule has 3 rings (SSSR count). The lowest BCUT2D eigenvalue weighted by atomic mass is 10.1. The standard InChI is InChI=1S/C12H13F3N6O/c1-20-5-4-7(6-10(20)22)16-8-2-3-9-17-18-11(12(13,14)15)21(9)19-8/h2-3,7H,4-6H2,1H3,(H,16,19). The lowest BCUT2D eigenvalue weighted by Crippen LogP contribution is -2.41. The van der Waals surface area contributed by atoms with E-state index in [9.17, 15) is 18.0 Å². The first-order valence-corrected chi connectivity index (χ1v) is 6.65. The summed E-state index contributed by atoms with van der Waals surface area (Å²) in [5.41, 5.74) is 0.0114. The number of nitrogens with zero attached hydrogens (tertiary/aromatic N) is 5. The molecular weight excluding hydrogens is 301 g/mol. The number of likely N-dealkylation sites (tertiary alicyclic amines) is 1. The zero-order valence-corrected chi connectivity index (χ0v) is 11.6. The number of nitrogens with one attached hydrogen (secondary N) is 1. The van der Waals surface area contributed by atoms with Gasteiger partial charge in [-0.1, -0.05) is 0 Å². The van der Waals surface area contributed by atoms with Crippen molar-refractivity contribution in [2.75, 3.05) is 18.9 Å². The Kier molecular flexibility index (Phi) is 3.38. The van der Waals surface area contributed by atoms with Crippen molar-refractivity contribution in [1.29, 1.82) is 0 Å². The van der Waals surface area contributed by atoms with Crippen LogP contribution in [-0.4, -0.2) is 50.3 Å². The second-order valence-electron chi connectivity index (χ2n) is 5.16. The Balaban J connectivity index is 1.84. The summed E-state index contributed by atoms with van der Waals surface area (Å²) in [6.45, 7) is 0.596. The summed E-state index contributed by atoms with van der Waals surface area (Å²) in [7, 11) is 1.72. The molecule has 0 radical (unpaired) electrons. The molecule has 0 aromatic carbocycles. The van der Waals surface area contributed by atoms with Crippen LogP contribution in [0.3, 0.4) is 0 Å². The van der Waals surface area contributed by atoms with Gasteiger partial charge in [0, 0.05) is 26.1 Å². The second-order valence-corrected chi connectivity index (χ2v) is 5.16. The number of alkyl halides is 3. The second kappa shape index (κ2) is 5.11. The number of anilines is 1. The summed E-state index contributed by atoms with van der Waals surface area (Å²) < 4.78 is 39.1. The van der Waals surface area contributed by atoms with E-state index in [-0.39, 0.29) is 29.8 Å². The monoisotopic (exact) mass is 314 g/mol. The van der Waals surface area contributed by atoms with Crippen LogP contribution in [-0.2, 0) is 11.0 Å². The van der Waals surface area contributed by atoms with Crippen LogP contribution < -0.4 is 5.32 Å². The average Bonchev–Trinajstić information content (AvgIpc) is 2.86. The summed E-state index contributed by atoms with van der Waals surface area (Å²) in [6.07, 6.45) is -3.64. The molecule has 10 heteroatoms. The molecule has 7 nitrogen and oxygen atoms in total. The number of halogens is 3. The molecule has 1 N–H and O–H groups in total. The normalized spacial score (nSPS) is 19.7. The number of carbonyl (C=O) groups excluding carboxylic acids is 1. The third-order valence-electron chi connectivity index (χ3n) is 3.53. The van der Waals surface area contributed by atoms with E-state index in [1.807, 2.05) is 0 Å². The molecule has 118 valence electrons. The molecule has 2 aromatic heterocycles. The van der Waals surface area contributed by atoms with Crippen molar-refractivity contribution in [3.63, 3.8) is 0 Å². The highest BCUT2D eigenvalue weighted by molar-refractivity contribution is 5.77. The lowest BCUT2D eigenvalue weighted by Gasteiger charge is -2.29. The molecule has 3 heterocycles. The van der Waals surface area contributed by atoms with E-state index in [0.717, 1.165) is 0 Å². The van der Waals surface area contributed by atoms with Crippen molar-refractivity contribution in [1.82, 2.24) is 24.7 Å². The van der Waals surface area contributed by atoms with Gasteiger partial charge in [-0.15, -0.1) is 15.3 Å². The summed E-state index contributed by atoms with van der Waals surface area (Å²) in [5, 5.41) is 13.4. The van der Waals surface area contributed by atoms with E-state index in [4.69, 9.17) is 0 Å². The molecule has 0 saturated carbocycles. The molecule has 2 aromatic rings. The van der Waals surface area contributed by atoms with Gasteiger partial charge in [-0.25, -0.2) is 0 Å². The van der Waals surface area contributed by atoms with Crippen LogP contribution >= 0.6 is 0 Å². The van der Waals surface area contributed by atoms with Crippen LogP contribution in [0.5, 0.6) is 0 Å². The minimum atomic E-state index is -4.63. The minimum absolute atomic E-state index is 0.00916. The van der Waals surface area contributed by atoms with E-state index >= 15 is 0 Å². The fraction of sp³-hybridized carbons (Fsp3) is 0.500. The fourth-order valence-corrected chi connectivity index (χ4v) is 2.32. The highest BCUT2D eigenvalue weighted by Gasteiger charge is 2.37. The number of hydrogen-bond acceptors (Lipinski definition) is 5. The maximum atomic E-state index is 12.8. The highest BCUT2D eigenvalue weighted by atomic mass is 19.4. The van der Waals surface area contributed by atoms with E-state index in [1.54, 1.807) is 11.9 Å². The van der Waals surface area contributed by atoms with Gasteiger partial charge in [0.15, 0.2) is 5.65 Å². The number of fused-ring (bicyclic) bond motifs is 1. The van der Waals surface area contributed by atoms with E-state index in [0.29, 0.717) is 17.5 Å². The Morgan fingerprint density at radius 1 is 1.32 bits per heavy atom. The van der Waals surface area contributed by atoms with Crippen LogP contribution in [0.25, 0.3) is 5.65 Å². The molecule has 0 spiro atoms. The Hall–Kier alpha value is -2.39. The quantitative estimate of drug-likeness (QED) is 0.901. The number of aromatic nitrogens is 4. The molecule has 22 heavy (non-hydrogen) atoms. The van der Waals surface area contributed by atoms with Crippen LogP contribution in [0.4, 0.5) is 19.0 Å². The van der Waals surface area contributed by atoms with Gasteiger partial charge in [0.05, 0.1) is 0 Å². The summed E-state index contributed by atoms with van der Waals surface area (Å²) >= 11 is 0. The third kappa shape index (κ3) is 2.68. The predicted octanol–water partition coefficient (Wildman–Crippen LogP) is 1.18. The van der Waals surface area contributed by atoms with Gasteiger partial charge in [-0.2, -0.15) is 17.7 Å². The summed E-state index contributed by atoms with van der Waals surface area (Å²) in [6, 6.07) is 2.76. The smallest absolute Gasteiger partial charge is 0.365 e. The molecule has 1 saturated heterocycles. The SMILES string of the molecule is CN1CCC(Nc2ccc3nnc(C(F)(F)F)n3n2)CC1=O.